The van der Waals surface area contributed by atoms with E-state index < -0.39 is 18.5 Å². The minimum atomic E-state index is -1.15. The Labute approximate surface area is 177 Å². The lowest BCUT2D eigenvalue weighted by Gasteiger charge is -2.15. The Balaban J connectivity index is 2.01. The van der Waals surface area contributed by atoms with Crippen LogP contribution in [-0.2, 0) is 4.79 Å². The number of carboxylic acid groups (broad SMARTS) is 1. The third-order valence-corrected chi connectivity index (χ3v) is 4.36. The summed E-state index contributed by atoms with van der Waals surface area (Å²) in [6.07, 6.45) is 0. The van der Waals surface area contributed by atoms with Crippen LogP contribution in [0.2, 0.25) is 5.02 Å². The third-order valence-electron chi connectivity index (χ3n) is 4.01. The van der Waals surface area contributed by atoms with Crippen LogP contribution in [-0.4, -0.2) is 22.6 Å². The number of ether oxygens (including phenoxy) is 1. The number of carbonyl (C=O) groups is 1. The fourth-order valence-corrected chi connectivity index (χ4v) is 2.79. The van der Waals surface area contributed by atoms with Crippen LogP contribution in [0.4, 0.5) is 15.9 Å². The third kappa shape index (κ3) is 4.99. The number of aliphatic carboxylic acids is 1. The summed E-state index contributed by atoms with van der Waals surface area (Å²) in [5.41, 5.74) is 7.71. The molecule has 0 spiro atoms. The zero-order valence-electron chi connectivity index (χ0n) is 15.9. The van der Waals surface area contributed by atoms with Gasteiger partial charge < -0.3 is 20.9 Å². The maximum Gasteiger partial charge on any atom is 0.322 e. The smallest absolute Gasteiger partial charge is 0.322 e. The van der Waals surface area contributed by atoms with Crippen LogP contribution in [0.25, 0.3) is 0 Å². The van der Waals surface area contributed by atoms with E-state index in [4.69, 9.17) is 27.2 Å². The average Bonchev–Trinajstić information content (AvgIpc) is 2.73. The number of hydrogen-bond acceptors (Lipinski definition) is 5. The molecule has 1 aromatic heterocycles. The molecule has 0 aliphatic heterocycles. The van der Waals surface area contributed by atoms with Gasteiger partial charge in [0, 0.05) is 16.8 Å². The van der Waals surface area contributed by atoms with Gasteiger partial charge in [0.2, 0.25) is 5.95 Å². The van der Waals surface area contributed by atoms with Gasteiger partial charge in [-0.05, 0) is 37.3 Å². The Morgan fingerprint density at radius 2 is 2.00 bits per heavy atom. The van der Waals surface area contributed by atoms with Crippen LogP contribution in [0, 0.1) is 24.7 Å². The van der Waals surface area contributed by atoms with Crippen LogP contribution >= 0.6 is 11.6 Å². The van der Waals surface area contributed by atoms with Crippen molar-refractivity contribution in [1.82, 2.24) is 4.98 Å². The Kier molecular flexibility index (Phi) is 6.40. The molecule has 0 bridgehead atoms. The fourth-order valence-electron chi connectivity index (χ4n) is 2.50. The number of aromatic nitrogens is 1. The molecule has 3 rings (SSSR count). The number of carboxylic acids is 1. The maximum absolute atomic E-state index is 14.3. The normalized spacial score (nSPS) is 10.1. The van der Waals surface area contributed by atoms with Crippen molar-refractivity contribution in [3.8, 4) is 23.3 Å². The number of pyridine rings is 1. The van der Waals surface area contributed by atoms with E-state index in [2.05, 4.69) is 22.1 Å². The second kappa shape index (κ2) is 9.16. The highest BCUT2D eigenvalue weighted by Crippen LogP contribution is 2.39. The summed E-state index contributed by atoms with van der Waals surface area (Å²) in [5.74, 6) is 4.21. The van der Waals surface area contributed by atoms with Crippen LogP contribution < -0.4 is 15.8 Å². The fraction of sp³-hybridized carbons (Fsp3) is 0.0909. The molecular weight excluding hydrogens is 409 g/mol. The Morgan fingerprint density at radius 1 is 1.27 bits per heavy atom. The zero-order chi connectivity index (χ0) is 21.7. The number of nitrogens with one attached hydrogen (secondary N) is 1. The summed E-state index contributed by atoms with van der Waals surface area (Å²) in [5, 5.41) is 11.2. The van der Waals surface area contributed by atoms with Gasteiger partial charge >= 0.3 is 5.97 Å². The minimum absolute atomic E-state index is 0.00425. The van der Waals surface area contributed by atoms with Crippen LogP contribution in [0.15, 0.2) is 48.5 Å². The highest BCUT2D eigenvalue weighted by Gasteiger charge is 2.19. The highest BCUT2D eigenvalue weighted by molar-refractivity contribution is 6.34. The lowest BCUT2D eigenvalue weighted by atomic mass is 10.1. The molecule has 0 atom stereocenters. The van der Waals surface area contributed by atoms with Gasteiger partial charge in [0.05, 0.1) is 5.56 Å². The van der Waals surface area contributed by atoms with Crippen molar-refractivity contribution in [3.63, 3.8) is 0 Å². The van der Waals surface area contributed by atoms with Crippen LogP contribution in [0.5, 0.6) is 11.5 Å². The van der Waals surface area contributed by atoms with Gasteiger partial charge in [-0.15, -0.1) is 0 Å². The van der Waals surface area contributed by atoms with Gasteiger partial charge in [-0.25, -0.2) is 4.98 Å². The number of rotatable bonds is 5. The number of halogens is 2. The van der Waals surface area contributed by atoms with E-state index in [-0.39, 0.29) is 22.2 Å². The molecule has 152 valence electrons. The number of nitrogens with zero attached hydrogens (tertiary/aromatic N) is 1. The van der Waals surface area contributed by atoms with Crippen molar-refractivity contribution in [3.05, 3.63) is 76.2 Å². The molecule has 0 saturated heterocycles. The van der Waals surface area contributed by atoms with E-state index in [1.807, 2.05) is 30.3 Å². The molecule has 2 aromatic carbocycles. The number of anilines is 2. The standard InChI is InChI=1S/C22H17ClFN3O3/c1-13-20(19(23)22(27-21(13)24)26-12-18(28)29)30-17-10-9-16(25)11-15(17)8-7-14-5-3-2-4-6-14/h2-6,9-11H,12,25H2,1H3,(H,26,27)(H,28,29). The first kappa shape index (κ1) is 21.0. The SMILES string of the molecule is Cc1c(F)nc(NCC(=O)O)c(Cl)c1Oc1ccc(N)cc1C#Cc1ccccc1. The molecule has 30 heavy (non-hydrogen) atoms. The minimum Gasteiger partial charge on any atom is -0.480 e. The van der Waals surface area contributed by atoms with E-state index in [9.17, 15) is 9.18 Å². The van der Waals surface area contributed by atoms with Crippen molar-refractivity contribution >= 4 is 29.1 Å². The second-order valence-electron chi connectivity index (χ2n) is 6.24. The van der Waals surface area contributed by atoms with Gasteiger partial charge in [-0.1, -0.05) is 41.6 Å². The summed E-state index contributed by atoms with van der Waals surface area (Å²) in [4.78, 5) is 14.4. The van der Waals surface area contributed by atoms with Gasteiger partial charge in [0.1, 0.15) is 17.3 Å². The van der Waals surface area contributed by atoms with Crippen molar-refractivity contribution in [2.45, 2.75) is 6.92 Å². The largest absolute Gasteiger partial charge is 0.480 e. The summed E-state index contributed by atoms with van der Waals surface area (Å²) >= 11 is 6.31. The molecule has 0 amide bonds. The first-order valence-corrected chi connectivity index (χ1v) is 9.18. The number of nitrogens with two attached hydrogens (primary N) is 1. The summed E-state index contributed by atoms with van der Waals surface area (Å²) in [6, 6.07) is 14.2. The molecule has 1 heterocycles. The monoisotopic (exact) mass is 425 g/mol. The summed E-state index contributed by atoms with van der Waals surface area (Å²) < 4.78 is 20.2. The Bertz CT molecular complexity index is 1160. The van der Waals surface area contributed by atoms with Crippen molar-refractivity contribution < 1.29 is 19.0 Å². The number of nitrogen functional groups attached to an aromatic ring is 1. The summed E-state index contributed by atoms with van der Waals surface area (Å²) in [7, 11) is 0. The molecular formula is C22H17ClFN3O3. The van der Waals surface area contributed by atoms with Gasteiger partial charge in [-0.2, -0.15) is 4.39 Å². The Hall–Kier alpha value is -3.76. The van der Waals surface area contributed by atoms with Gasteiger partial charge in [0.25, 0.3) is 0 Å². The van der Waals surface area contributed by atoms with Crippen molar-refractivity contribution in [2.24, 2.45) is 0 Å². The first-order valence-electron chi connectivity index (χ1n) is 8.81. The molecule has 6 nitrogen and oxygen atoms in total. The molecule has 0 aliphatic carbocycles. The highest BCUT2D eigenvalue weighted by atomic mass is 35.5. The van der Waals surface area contributed by atoms with E-state index >= 15 is 0 Å². The molecule has 0 radical (unpaired) electrons. The quantitative estimate of drug-likeness (QED) is 0.317. The molecule has 0 saturated carbocycles. The first-order chi connectivity index (χ1) is 14.3. The van der Waals surface area contributed by atoms with Crippen LogP contribution in [0.1, 0.15) is 16.7 Å². The molecule has 4 N–H and O–H groups in total. The number of benzene rings is 2. The molecule has 3 aromatic rings. The van der Waals surface area contributed by atoms with E-state index in [1.165, 1.54) is 6.92 Å². The lowest BCUT2D eigenvalue weighted by molar-refractivity contribution is -0.134. The topological polar surface area (TPSA) is 97.5 Å². The van der Waals surface area contributed by atoms with Crippen molar-refractivity contribution in [1.29, 1.82) is 0 Å². The average molecular weight is 426 g/mol. The molecule has 8 heteroatoms. The predicted molar refractivity (Wildman–Crippen MR) is 113 cm³/mol. The predicted octanol–water partition coefficient (Wildman–Crippen LogP) is 4.45. The second-order valence-corrected chi connectivity index (χ2v) is 6.62. The number of hydrogen-bond donors (Lipinski definition) is 3. The van der Waals surface area contributed by atoms with E-state index in [0.717, 1.165) is 5.56 Å². The molecule has 0 unspecified atom stereocenters. The van der Waals surface area contributed by atoms with Gasteiger partial charge in [0.15, 0.2) is 11.6 Å². The lowest BCUT2D eigenvalue weighted by Crippen LogP contribution is -2.14. The van der Waals surface area contributed by atoms with Crippen molar-refractivity contribution in [2.75, 3.05) is 17.6 Å². The molecule has 0 fully saturated rings. The van der Waals surface area contributed by atoms with E-state index in [1.54, 1.807) is 18.2 Å². The van der Waals surface area contributed by atoms with Gasteiger partial charge in [-0.3, -0.25) is 4.79 Å². The molecule has 0 aliphatic rings. The van der Waals surface area contributed by atoms with Crippen LogP contribution in [0.3, 0.4) is 0 Å². The maximum atomic E-state index is 14.3. The zero-order valence-corrected chi connectivity index (χ0v) is 16.6. The summed E-state index contributed by atoms with van der Waals surface area (Å²) in [6.45, 7) is 0.974. The Morgan fingerprint density at radius 3 is 2.70 bits per heavy atom. The van der Waals surface area contributed by atoms with E-state index in [0.29, 0.717) is 17.0 Å².